The molecule has 0 fully saturated rings. The summed E-state index contributed by atoms with van der Waals surface area (Å²) in [6.45, 7) is 2.31. The summed E-state index contributed by atoms with van der Waals surface area (Å²) < 4.78 is 0. The Morgan fingerprint density at radius 1 is 1.59 bits per heavy atom. The Morgan fingerprint density at radius 2 is 2.41 bits per heavy atom. The van der Waals surface area contributed by atoms with E-state index in [-0.39, 0.29) is 11.6 Å². The number of aromatic nitrogens is 3. The van der Waals surface area contributed by atoms with E-state index in [4.69, 9.17) is 5.73 Å². The minimum Gasteiger partial charge on any atom is -0.396 e. The van der Waals surface area contributed by atoms with Gasteiger partial charge in [-0.25, -0.2) is 0 Å². The van der Waals surface area contributed by atoms with Gasteiger partial charge in [-0.2, -0.15) is 5.10 Å². The van der Waals surface area contributed by atoms with Crippen molar-refractivity contribution in [1.29, 1.82) is 0 Å². The molecule has 6 heteroatoms. The summed E-state index contributed by atoms with van der Waals surface area (Å²) in [6, 6.07) is 3.80. The number of aryl methyl sites for hydroxylation is 1. The first kappa shape index (κ1) is 11.1. The molecule has 0 bridgehead atoms. The van der Waals surface area contributed by atoms with Gasteiger partial charge in [0, 0.05) is 6.20 Å². The predicted octanol–water partition coefficient (Wildman–Crippen LogP) is 0.625. The predicted molar refractivity (Wildman–Crippen MR) is 63.1 cm³/mol. The van der Waals surface area contributed by atoms with Crippen molar-refractivity contribution in [2.45, 2.75) is 13.5 Å². The quantitative estimate of drug-likeness (QED) is 0.721. The molecule has 0 aliphatic rings. The van der Waals surface area contributed by atoms with E-state index in [2.05, 4.69) is 20.5 Å². The number of aromatic amines is 1. The normalized spacial score (nSPS) is 10.2. The van der Waals surface area contributed by atoms with E-state index in [9.17, 15) is 4.79 Å². The monoisotopic (exact) mass is 231 g/mol. The maximum atomic E-state index is 11.7. The number of hydrogen-bond acceptors (Lipinski definition) is 4. The van der Waals surface area contributed by atoms with E-state index in [1.807, 2.05) is 19.1 Å². The third-order valence-corrected chi connectivity index (χ3v) is 2.43. The second-order valence-corrected chi connectivity index (χ2v) is 3.65. The molecule has 4 N–H and O–H groups in total. The van der Waals surface area contributed by atoms with Crippen molar-refractivity contribution in [3.8, 4) is 0 Å². The van der Waals surface area contributed by atoms with Gasteiger partial charge in [0.2, 0.25) is 0 Å². The number of pyridine rings is 1. The van der Waals surface area contributed by atoms with Crippen molar-refractivity contribution in [1.82, 2.24) is 20.5 Å². The second kappa shape index (κ2) is 4.65. The van der Waals surface area contributed by atoms with Crippen LogP contribution in [0.3, 0.4) is 0 Å². The molecule has 0 unspecified atom stereocenters. The van der Waals surface area contributed by atoms with Crippen LogP contribution in [0.5, 0.6) is 0 Å². The first-order valence-electron chi connectivity index (χ1n) is 5.16. The summed E-state index contributed by atoms with van der Waals surface area (Å²) in [5.74, 6) is -0.287. The number of H-pyrrole nitrogens is 1. The van der Waals surface area contributed by atoms with Crippen molar-refractivity contribution < 1.29 is 4.79 Å². The van der Waals surface area contributed by atoms with Gasteiger partial charge in [0.1, 0.15) is 5.69 Å². The highest BCUT2D eigenvalue weighted by Gasteiger charge is 2.11. The second-order valence-electron chi connectivity index (χ2n) is 3.65. The number of hydrogen-bond donors (Lipinski definition) is 3. The fourth-order valence-corrected chi connectivity index (χ4v) is 1.43. The topological polar surface area (TPSA) is 96.7 Å². The van der Waals surface area contributed by atoms with E-state index in [1.165, 1.54) is 6.20 Å². The molecule has 6 nitrogen and oxygen atoms in total. The number of nitrogens with two attached hydrogens (primary N) is 1. The van der Waals surface area contributed by atoms with Gasteiger partial charge in [-0.3, -0.25) is 14.9 Å². The third kappa shape index (κ3) is 2.41. The van der Waals surface area contributed by atoms with Crippen LogP contribution in [0, 0.1) is 6.92 Å². The van der Waals surface area contributed by atoms with Crippen LogP contribution in [0.2, 0.25) is 0 Å². The molecule has 17 heavy (non-hydrogen) atoms. The lowest BCUT2D eigenvalue weighted by molar-refractivity contribution is 0.0946. The summed E-state index contributed by atoms with van der Waals surface area (Å²) >= 11 is 0. The average Bonchev–Trinajstić information content (AvgIpc) is 2.74. The smallest absolute Gasteiger partial charge is 0.271 e. The molecule has 0 aromatic carbocycles. The van der Waals surface area contributed by atoms with Crippen molar-refractivity contribution in [3.63, 3.8) is 0 Å². The van der Waals surface area contributed by atoms with Gasteiger partial charge in [0.15, 0.2) is 0 Å². The summed E-state index contributed by atoms with van der Waals surface area (Å²) in [5.41, 5.74) is 8.05. The number of nitrogens with one attached hydrogen (secondary N) is 2. The Kier molecular flexibility index (Phi) is 3.04. The van der Waals surface area contributed by atoms with Gasteiger partial charge >= 0.3 is 0 Å². The highest BCUT2D eigenvalue weighted by molar-refractivity contribution is 5.96. The minimum absolute atomic E-state index is 0.276. The molecule has 88 valence electrons. The number of nitrogen functional groups attached to an aromatic ring is 1. The minimum atomic E-state index is -0.287. The first-order valence-corrected chi connectivity index (χ1v) is 5.16. The zero-order valence-electron chi connectivity index (χ0n) is 9.40. The molecule has 0 aliphatic heterocycles. The van der Waals surface area contributed by atoms with E-state index in [1.54, 1.807) is 6.20 Å². The Bertz CT molecular complexity index is 534. The summed E-state index contributed by atoms with van der Waals surface area (Å²) in [7, 11) is 0. The standard InChI is InChI=1S/C11H13N5O/c1-7-3-2-4-13-9(7)6-14-11(17)10-8(12)5-15-16-10/h2-5H,6,12H2,1H3,(H,14,17)(H,15,16). The molecule has 1 amide bonds. The maximum Gasteiger partial charge on any atom is 0.271 e. The lowest BCUT2D eigenvalue weighted by Crippen LogP contribution is -2.24. The summed E-state index contributed by atoms with van der Waals surface area (Å²) in [5, 5.41) is 8.97. The average molecular weight is 231 g/mol. The molecular formula is C11H13N5O. The summed E-state index contributed by atoms with van der Waals surface area (Å²) in [6.07, 6.45) is 3.10. The molecule has 0 spiro atoms. The lowest BCUT2D eigenvalue weighted by Gasteiger charge is -2.06. The van der Waals surface area contributed by atoms with Crippen molar-refractivity contribution in [3.05, 3.63) is 41.5 Å². The molecule has 2 aromatic heterocycles. The number of anilines is 1. The van der Waals surface area contributed by atoms with Crippen LogP contribution in [0.4, 0.5) is 5.69 Å². The van der Waals surface area contributed by atoms with Gasteiger partial charge in [0.05, 0.1) is 24.1 Å². The Hall–Kier alpha value is -2.37. The van der Waals surface area contributed by atoms with Gasteiger partial charge in [-0.05, 0) is 18.6 Å². The maximum absolute atomic E-state index is 11.7. The zero-order chi connectivity index (χ0) is 12.3. The van der Waals surface area contributed by atoms with E-state index in [0.29, 0.717) is 12.2 Å². The molecule has 0 saturated carbocycles. The third-order valence-electron chi connectivity index (χ3n) is 2.43. The van der Waals surface area contributed by atoms with Crippen molar-refractivity contribution in [2.24, 2.45) is 0 Å². The summed E-state index contributed by atoms with van der Waals surface area (Å²) in [4.78, 5) is 15.9. The number of amides is 1. The van der Waals surface area contributed by atoms with Gasteiger partial charge in [0.25, 0.3) is 5.91 Å². The Labute approximate surface area is 98.3 Å². The van der Waals surface area contributed by atoms with Crippen LogP contribution < -0.4 is 11.1 Å². The van der Waals surface area contributed by atoms with Gasteiger partial charge in [-0.15, -0.1) is 0 Å². The van der Waals surface area contributed by atoms with Crippen molar-refractivity contribution in [2.75, 3.05) is 5.73 Å². The van der Waals surface area contributed by atoms with Crippen LogP contribution in [0.15, 0.2) is 24.5 Å². The Morgan fingerprint density at radius 3 is 3.06 bits per heavy atom. The number of nitrogens with zero attached hydrogens (tertiary/aromatic N) is 2. The van der Waals surface area contributed by atoms with Gasteiger partial charge in [-0.1, -0.05) is 6.07 Å². The Balaban J connectivity index is 2.02. The largest absolute Gasteiger partial charge is 0.396 e. The van der Waals surface area contributed by atoms with Crippen LogP contribution >= 0.6 is 0 Å². The number of carbonyl (C=O) groups is 1. The van der Waals surface area contributed by atoms with Crippen LogP contribution in [0.25, 0.3) is 0 Å². The van der Waals surface area contributed by atoms with Crippen molar-refractivity contribution >= 4 is 11.6 Å². The van der Waals surface area contributed by atoms with Crippen LogP contribution in [-0.2, 0) is 6.54 Å². The molecule has 0 aliphatic carbocycles. The van der Waals surface area contributed by atoms with E-state index in [0.717, 1.165) is 11.3 Å². The van der Waals surface area contributed by atoms with Crippen LogP contribution in [-0.4, -0.2) is 21.1 Å². The lowest BCUT2D eigenvalue weighted by atomic mass is 10.2. The fourth-order valence-electron chi connectivity index (χ4n) is 1.43. The molecule has 0 saturated heterocycles. The van der Waals surface area contributed by atoms with Crippen LogP contribution in [0.1, 0.15) is 21.7 Å². The van der Waals surface area contributed by atoms with E-state index >= 15 is 0 Å². The zero-order valence-corrected chi connectivity index (χ0v) is 9.40. The molecule has 2 aromatic rings. The van der Waals surface area contributed by atoms with Gasteiger partial charge < -0.3 is 11.1 Å². The fraction of sp³-hybridized carbons (Fsp3) is 0.182. The highest BCUT2D eigenvalue weighted by Crippen LogP contribution is 2.07. The number of rotatable bonds is 3. The molecule has 2 rings (SSSR count). The first-order chi connectivity index (χ1) is 8.18. The highest BCUT2D eigenvalue weighted by atomic mass is 16.1. The SMILES string of the molecule is Cc1cccnc1CNC(=O)c1[nH]ncc1N. The van der Waals surface area contributed by atoms with E-state index < -0.39 is 0 Å². The molecule has 0 radical (unpaired) electrons. The molecule has 2 heterocycles. The number of carbonyl (C=O) groups excluding carboxylic acids is 1. The molecule has 0 atom stereocenters. The molecular weight excluding hydrogens is 218 g/mol.